The molecule has 0 aliphatic carbocycles. The van der Waals surface area contributed by atoms with Gasteiger partial charge in [-0.05, 0) is 22.8 Å². The Morgan fingerprint density at radius 2 is 3.00 bits per heavy atom. The number of nitrogens with zero attached hydrogens (tertiary/aromatic N) is 2. The Kier molecular flexibility index (Phi) is 0.820. The number of hydrogen-bond acceptors (Lipinski definition) is 3. The van der Waals surface area contributed by atoms with Gasteiger partial charge in [-0.25, -0.2) is 4.98 Å². The van der Waals surface area contributed by atoms with Gasteiger partial charge in [0.1, 0.15) is 0 Å². The molecule has 1 aromatic heterocycles. The first kappa shape index (κ1) is 2.45. The summed E-state index contributed by atoms with van der Waals surface area (Å²) in [6.07, 6.45) is 1.29. The molecule has 0 aromatic carbocycles. The molecule has 10 heavy (non-hydrogen) atoms. The average Bonchev–Trinajstić information content (AvgIpc) is 2.46. The summed E-state index contributed by atoms with van der Waals surface area (Å²) in [5.74, 6) is 0. The zero-order chi connectivity index (χ0) is 14.4. The number of thiazole rings is 1. The second-order valence-corrected chi connectivity index (χ2v) is 3.78. The number of aromatic nitrogens is 1. The molecule has 0 unspecified atom stereocenters. The molecule has 0 saturated heterocycles. The van der Waals surface area contributed by atoms with Crippen molar-refractivity contribution in [1.29, 1.82) is 0 Å². The molecule has 0 aliphatic rings. The molecule has 4 heteroatoms. The third kappa shape index (κ3) is 1.70. The quantitative estimate of drug-likeness (QED) is 0.773. The number of anilines is 1. The van der Waals surface area contributed by atoms with Gasteiger partial charge in [0.15, 0.2) is 5.13 Å². The first-order valence-electron chi connectivity index (χ1n) is 6.29. The van der Waals surface area contributed by atoms with E-state index in [0.717, 1.165) is 11.3 Å². The maximum Gasteiger partial charge on any atom is 0.186 e. The van der Waals surface area contributed by atoms with Gasteiger partial charge in [0.25, 0.3) is 0 Å². The largest absolute Gasteiger partial charge is 0.351 e. The number of rotatable bonds is 2. The molecule has 2 nitrogen and oxygen atoms in total. The van der Waals surface area contributed by atoms with Gasteiger partial charge in [-0.15, -0.1) is 0 Å². The second kappa shape index (κ2) is 3.34. The average molecular weight is 229 g/mol. The van der Waals surface area contributed by atoms with E-state index in [-0.39, 0.29) is 10.0 Å². The predicted octanol–water partition coefficient (Wildman–Crippen LogP) is 2.36. The second-order valence-electron chi connectivity index (χ2n) is 1.39. The predicted molar refractivity (Wildman–Crippen MR) is 48.8 cm³/mol. The monoisotopic (exact) mass is 228 g/mol. The van der Waals surface area contributed by atoms with E-state index >= 15 is 0 Å². The van der Waals surface area contributed by atoms with E-state index in [2.05, 4.69) is 20.9 Å². The number of hydrogen-bond donors (Lipinski definition) is 0. The standard InChI is InChI=1S/C6H9BrN2S/c1-3-9(2)6-8-4-5(7)10-6/h4H,3H2,1-2H3/i1D3,2D3,3D2. The Morgan fingerprint density at radius 3 is 3.50 bits per heavy atom. The Labute approximate surface area is 84.3 Å². The van der Waals surface area contributed by atoms with Crippen molar-refractivity contribution in [3.8, 4) is 0 Å². The Balaban J connectivity index is 3.32. The molecular weight excluding hydrogens is 212 g/mol. The molecule has 0 fully saturated rings. The minimum absolute atomic E-state index is 0.211. The summed E-state index contributed by atoms with van der Waals surface area (Å²) in [6.45, 7) is -9.11. The number of halogens is 1. The summed E-state index contributed by atoms with van der Waals surface area (Å²) in [4.78, 5) is 3.92. The molecule has 1 aromatic rings. The molecule has 0 atom stereocenters. The maximum absolute atomic E-state index is 7.56. The van der Waals surface area contributed by atoms with Crippen LogP contribution in [0.4, 0.5) is 5.13 Å². The Morgan fingerprint density at radius 1 is 2.10 bits per heavy atom. The first-order valence-corrected chi connectivity index (χ1v) is 3.90. The molecule has 0 aliphatic heterocycles. The summed E-state index contributed by atoms with van der Waals surface area (Å²) in [7, 11) is 0. The lowest BCUT2D eigenvalue weighted by Gasteiger charge is -2.10. The van der Waals surface area contributed by atoms with Crippen molar-refractivity contribution in [2.45, 2.75) is 6.85 Å². The molecular formula is C6H9BrN2S. The van der Waals surface area contributed by atoms with Crippen LogP contribution >= 0.6 is 27.3 Å². The van der Waals surface area contributed by atoms with E-state index in [0.29, 0.717) is 3.79 Å². The van der Waals surface area contributed by atoms with Crippen LogP contribution < -0.4 is 4.90 Å². The summed E-state index contributed by atoms with van der Waals surface area (Å²) >= 11 is 3.91. The fraction of sp³-hybridized carbons (Fsp3) is 0.500. The molecule has 0 spiro atoms. The van der Waals surface area contributed by atoms with Crippen LogP contribution in [0.3, 0.4) is 0 Å². The first-order chi connectivity index (χ1) is 7.87. The topological polar surface area (TPSA) is 16.1 Å². The van der Waals surface area contributed by atoms with Crippen LogP contribution in [0.2, 0.25) is 0 Å². The molecule has 0 amide bonds. The van der Waals surface area contributed by atoms with Crippen molar-refractivity contribution in [2.24, 2.45) is 0 Å². The van der Waals surface area contributed by atoms with Crippen molar-refractivity contribution in [3.05, 3.63) is 9.98 Å². The lowest BCUT2D eigenvalue weighted by Crippen LogP contribution is -2.14. The summed E-state index contributed by atoms with van der Waals surface area (Å²) in [5, 5.41) is -0.219. The molecule has 0 saturated carbocycles. The Bertz CT molecular complexity index is 424. The zero-order valence-corrected chi connectivity index (χ0v) is 7.16. The normalized spacial score (nSPS) is 25.7. The summed E-state index contributed by atoms with van der Waals surface area (Å²) in [5.41, 5.74) is 0. The fourth-order valence-electron chi connectivity index (χ4n) is 0.397. The highest BCUT2D eigenvalue weighted by molar-refractivity contribution is 9.11. The van der Waals surface area contributed by atoms with Crippen LogP contribution in [-0.2, 0) is 0 Å². The molecule has 1 rings (SSSR count). The van der Waals surface area contributed by atoms with Gasteiger partial charge in [0.2, 0.25) is 0 Å². The summed E-state index contributed by atoms with van der Waals surface area (Å²) < 4.78 is 58.9. The smallest absolute Gasteiger partial charge is 0.186 e. The van der Waals surface area contributed by atoms with Crippen LogP contribution in [0.5, 0.6) is 0 Å². The molecule has 0 bridgehead atoms. The highest BCUT2D eigenvalue weighted by Crippen LogP contribution is 2.25. The third-order valence-electron chi connectivity index (χ3n) is 0.768. The van der Waals surface area contributed by atoms with Crippen molar-refractivity contribution in [2.75, 3.05) is 18.4 Å². The van der Waals surface area contributed by atoms with Crippen molar-refractivity contribution < 1.29 is 11.0 Å². The van der Waals surface area contributed by atoms with Crippen LogP contribution in [0.25, 0.3) is 0 Å². The lowest BCUT2D eigenvalue weighted by molar-refractivity contribution is 0.958. The molecule has 1 heterocycles. The van der Waals surface area contributed by atoms with Gasteiger partial charge in [0.05, 0.1) is 9.98 Å². The summed E-state index contributed by atoms with van der Waals surface area (Å²) in [6, 6.07) is 0. The van der Waals surface area contributed by atoms with Gasteiger partial charge in [-0.1, -0.05) is 11.3 Å². The van der Waals surface area contributed by atoms with Gasteiger partial charge in [0, 0.05) is 24.4 Å². The van der Waals surface area contributed by atoms with Crippen molar-refractivity contribution in [1.82, 2.24) is 4.98 Å². The highest BCUT2D eigenvalue weighted by Gasteiger charge is 2.01. The van der Waals surface area contributed by atoms with E-state index < -0.39 is 20.3 Å². The highest BCUT2D eigenvalue weighted by atomic mass is 79.9. The van der Waals surface area contributed by atoms with Gasteiger partial charge >= 0.3 is 0 Å². The van der Waals surface area contributed by atoms with E-state index in [4.69, 9.17) is 11.0 Å². The third-order valence-corrected chi connectivity index (χ3v) is 2.23. The Hall–Kier alpha value is -0.0900. The minimum Gasteiger partial charge on any atom is -0.351 e. The van der Waals surface area contributed by atoms with Crippen LogP contribution in [0.1, 0.15) is 17.8 Å². The SMILES string of the molecule is [2H]C([2H])([2H])N(c1ncc(Br)s1)C([2H])([2H])C([2H])([2H])[2H]. The van der Waals surface area contributed by atoms with E-state index in [1.54, 1.807) is 0 Å². The van der Waals surface area contributed by atoms with Crippen molar-refractivity contribution >= 4 is 32.4 Å². The van der Waals surface area contributed by atoms with E-state index in [1.165, 1.54) is 6.20 Å². The fourth-order valence-corrected chi connectivity index (χ4v) is 1.46. The van der Waals surface area contributed by atoms with Gasteiger partial charge in [-0.3, -0.25) is 0 Å². The van der Waals surface area contributed by atoms with Crippen molar-refractivity contribution in [3.63, 3.8) is 0 Å². The molecule has 0 radical (unpaired) electrons. The molecule has 56 valence electrons. The van der Waals surface area contributed by atoms with Gasteiger partial charge < -0.3 is 4.90 Å². The zero-order valence-electron chi connectivity index (χ0n) is 12.8. The lowest BCUT2D eigenvalue weighted by atomic mass is 10.7. The van der Waals surface area contributed by atoms with Crippen LogP contribution in [0, 0.1) is 0 Å². The van der Waals surface area contributed by atoms with Gasteiger partial charge in [-0.2, -0.15) is 0 Å². The van der Waals surface area contributed by atoms with Crippen LogP contribution in [-0.4, -0.2) is 18.5 Å². The van der Waals surface area contributed by atoms with E-state index in [1.807, 2.05) is 0 Å². The van der Waals surface area contributed by atoms with Crippen LogP contribution in [0.15, 0.2) is 9.98 Å². The maximum atomic E-state index is 7.56. The minimum atomic E-state index is -3.11. The van der Waals surface area contributed by atoms with E-state index in [9.17, 15) is 0 Å². The molecule has 0 N–H and O–H groups in total.